The Balaban J connectivity index is 2.30. The molecule has 19 heavy (non-hydrogen) atoms. The predicted molar refractivity (Wildman–Crippen MR) is 71.8 cm³/mol. The Morgan fingerprint density at radius 1 is 1.42 bits per heavy atom. The van der Waals surface area contributed by atoms with Gasteiger partial charge in [0, 0.05) is 6.07 Å². The van der Waals surface area contributed by atoms with Gasteiger partial charge in [0.15, 0.2) is 0 Å². The zero-order valence-corrected chi connectivity index (χ0v) is 10.6. The lowest BCUT2D eigenvalue weighted by molar-refractivity contribution is -0.384. The lowest BCUT2D eigenvalue weighted by Crippen LogP contribution is -2.44. The van der Waals surface area contributed by atoms with E-state index in [1.807, 2.05) is 0 Å². The minimum Gasteiger partial charge on any atom is -0.394 e. The Hall–Kier alpha value is -1.89. The monoisotopic (exact) mass is 266 g/mol. The van der Waals surface area contributed by atoms with E-state index in [9.17, 15) is 15.2 Å². The molecule has 2 rings (SSSR count). The van der Waals surface area contributed by atoms with E-state index < -0.39 is 10.5 Å². The van der Waals surface area contributed by atoms with Gasteiger partial charge in [-0.25, -0.2) is 4.98 Å². The van der Waals surface area contributed by atoms with Crippen LogP contribution in [0.2, 0.25) is 0 Å². The second-order valence-electron chi connectivity index (χ2n) is 4.99. The first-order valence-corrected chi connectivity index (χ1v) is 6.36. The molecule has 7 nitrogen and oxygen atoms in total. The normalized spacial score (nSPS) is 17.9. The standard InChI is InChI=1S/C12H18N4O3/c13-10-5-4-9(16(18)19)11(14-10)15-12(8-17)6-2-1-3-7-12/h4-5,17H,1-3,6-8H2,(H3,13,14,15). The van der Waals surface area contributed by atoms with Crippen LogP contribution < -0.4 is 11.1 Å². The summed E-state index contributed by atoms with van der Waals surface area (Å²) < 4.78 is 0. The minimum atomic E-state index is -0.524. The first kappa shape index (κ1) is 13.5. The van der Waals surface area contributed by atoms with Gasteiger partial charge in [0.2, 0.25) is 5.82 Å². The van der Waals surface area contributed by atoms with Gasteiger partial charge in [-0.05, 0) is 18.9 Å². The molecule has 7 heteroatoms. The summed E-state index contributed by atoms with van der Waals surface area (Å²) in [6.45, 7) is -0.0688. The molecule has 1 heterocycles. The summed E-state index contributed by atoms with van der Waals surface area (Å²) in [5.41, 5.74) is 4.94. The average Bonchev–Trinajstić information content (AvgIpc) is 2.39. The molecule has 4 N–H and O–H groups in total. The van der Waals surface area contributed by atoms with Crippen molar-refractivity contribution in [3.8, 4) is 0 Å². The number of aliphatic hydroxyl groups is 1. The third kappa shape index (κ3) is 2.93. The molecule has 1 aliphatic rings. The Morgan fingerprint density at radius 2 is 2.11 bits per heavy atom. The van der Waals surface area contributed by atoms with Crippen molar-refractivity contribution in [1.29, 1.82) is 0 Å². The lowest BCUT2D eigenvalue weighted by Gasteiger charge is -2.36. The summed E-state index contributed by atoms with van der Waals surface area (Å²) in [6, 6.07) is 2.73. The molecule has 104 valence electrons. The number of rotatable bonds is 4. The molecule has 0 unspecified atom stereocenters. The molecule has 0 aromatic carbocycles. The fourth-order valence-electron chi connectivity index (χ4n) is 2.51. The van der Waals surface area contributed by atoms with Crippen molar-refractivity contribution in [2.45, 2.75) is 37.6 Å². The summed E-state index contributed by atoms with van der Waals surface area (Å²) >= 11 is 0. The molecule has 1 fully saturated rings. The highest BCUT2D eigenvalue weighted by molar-refractivity contribution is 5.60. The highest BCUT2D eigenvalue weighted by Crippen LogP contribution is 2.34. The van der Waals surface area contributed by atoms with E-state index in [0.717, 1.165) is 32.1 Å². The van der Waals surface area contributed by atoms with E-state index >= 15 is 0 Å². The number of nitrogens with two attached hydrogens (primary N) is 1. The van der Waals surface area contributed by atoms with Crippen LogP contribution in [0.1, 0.15) is 32.1 Å². The first-order valence-electron chi connectivity index (χ1n) is 6.36. The molecule has 0 bridgehead atoms. The molecule has 1 saturated carbocycles. The average molecular weight is 266 g/mol. The summed E-state index contributed by atoms with van der Waals surface area (Å²) in [4.78, 5) is 14.5. The Morgan fingerprint density at radius 3 is 2.68 bits per heavy atom. The van der Waals surface area contributed by atoms with Gasteiger partial charge >= 0.3 is 5.69 Å². The van der Waals surface area contributed by atoms with Gasteiger partial charge in [-0.2, -0.15) is 0 Å². The van der Waals surface area contributed by atoms with E-state index in [2.05, 4.69) is 10.3 Å². The molecular weight excluding hydrogens is 248 g/mol. The van der Waals surface area contributed by atoms with Gasteiger partial charge < -0.3 is 16.2 Å². The summed E-state index contributed by atoms with van der Waals surface area (Å²) in [7, 11) is 0. The molecular formula is C12H18N4O3. The van der Waals surface area contributed by atoms with Crippen LogP contribution in [0.15, 0.2) is 12.1 Å². The van der Waals surface area contributed by atoms with Crippen molar-refractivity contribution >= 4 is 17.3 Å². The molecule has 1 aliphatic carbocycles. The summed E-state index contributed by atoms with van der Waals surface area (Å²) in [6.07, 6.45) is 4.65. The molecule has 0 aliphatic heterocycles. The van der Waals surface area contributed by atoms with Crippen LogP contribution in [0.5, 0.6) is 0 Å². The zero-order valence-electron chi connectivity index (χ0n) is 10.6. The summed E-state index contributed by atoms with van der Waals surface area (Å²) in [5.74, 6) is 0.359. The number of nitrogens with one attached hydrogen (secondary N) is 1. The lowest BCUT2D eigenvalue weighted by atomic mass is 9.82. The smallest absolute Gasteiger partial charge is 0.311 e. The van der Waals surface area contributed by atoms with Crippen molar-refractivity contribution in [2.24, 2.45) is 0 Å². The van der Waals surface area contributed by atoms with Gasteiger partial charge in [0.25, 0.3) is 0 Å². The van der Waals surface area contributed by atoms with Crippen molar-refractivity contribution in [1.82, 2.24) is 4.98 Å². The number of hydrogen-bond donors (Lipinski definition) is 3. The number of hydrogen-bond acceptors (Lipinski definition) is 6. The number of aliphatic hydroxyl groups excluding tert-OH is 1. The number of nitrogens with zero attached hydrogens (tertiary/aromatic N) is 2. The molecule has 0 spiro atoms. The third-order valence-electron chi connectivity index (χ3n) is 3.59. The number of pyridine rings is 1. The number of nitrogen functional groups attached to an aromatic ring is 1. The van der Waals surface area contributed by atoms with Crippen molar-refractivity contribution in [3.05, 3.63) is 22.2 Å². The molecule has 0 atom stereocenters. The van der Waals surface area contributed by atoms with Gasteiger partial charge in [-0.3, -0.25) is 10.1 Å². The minimum absolute atomic E-state index is 0.0688. The van der Waals surface area contributed by atoms with Gasteiger partial charge in [0.05, 0.1) is 17.1 Å². The second kappa shape index (κ2) is 5.40. The number of anilines is 2. The topological polar surface area (TPSA) is 114 Å². The summed E-state index contributed by atoms with van der Waals surface area (Å²) in [5, 5.41) is 23.7. The molecule has 1 aromatic rings. The fraction of sp³-hybridized carbons (Fsp3) is 0.583. The van der Waals surface area contributed by atoms with E-state index in [1.165, 1.54) is 12.1 Å². The predicted octanol–water partition coefficient (Wildman–Crippen LogP) is 1.68. The van der Waals surface area contributed by atoms with Crippen LogP contribution in [0.25, 0.3) is 0 Å². The van der Waals surface area contributed by atoms with Gasteiger partial charge in [-0.1, -0.05) is 19.3 Å². The second-order valence-corrected chi connectivity index (χ2v) is 4.99. The molecule has 1 aromatic heterocycles. The van der Waals surface area contributed by atoms with Crippen LogP contribution in [-0.4, -0.2) is 27.2 Å². The first-order chi connectivity index (χ1) is 9.06. The Labute approximate surface area is 111 Å². The number of aromatic nitrogens is 1. The maximum Gasteiger partial charge on any atom is 0.311 e. The Bertz CT molecular complexity index is 472. The van der Waals surface area contributed by atoms with E-state index in [0.29, 0.717) is 0 Å². The molecule has 0 radical (unpaired) electrons. The van der Waals surface area contributed by atoms with Crippen molar-refractivity contribution in [2.75, 3.05) is 17.7 Å². The van der Waals surface area contributed by atoms with Crippen LogP contribution >= 0.6 is 0 Å². The maximum absolute atomic E-state index is 11.0. The van der Waals surface area contributed by atoms with E-state index in [1.54, 1.807) is 0 Å². The maximum atomic E-state index is 11.0. The highest BCUT2D eigenvalue weighted by Gasteiger charge is 2.33. The largest absolute Gasteiger partial charge is 0.394 e. The SMILES string of the molecule is Nc1ccc([N+](=O)[O-])c(NC2(CO)CCCCC2)n1. The van der Waals surface area contributed by atoms with Crippen LogP contribution in [-0.2, 0) is 0 Å². The fourth-order valence-corrected chi connectivity index (χ4v) is 2.51. The van der Waals surface area contributed by atoms with Gasteiger partial charge in [0.1, 0.15) is 5.82 Å². The van der Waals surface area contributed by atoms with Crippen LogP contribution in [0.4, 0.5) is 17.3 Å². The third-order valence-corrected chi connectivity index (χ3v) is 3.59. The molecule has 0 amide bonds. The number of nitro groups is 1. The van der Waals surface area contributed by atoms with E-state index in [4.69, 9.17) is 5.73 Å². The highest BCUT2D eigenvalue weighted by atomic mass is 16.6. The molecule has 0 saturated heterocycles. The zero-order chi connectivity index (χ0) is 13.9. The quantitative estimate of drug-likeness (QED) is 0.564. The van der Waals surface area contributed by atoms with Crippen molar-refractivity contribution < 1.29 is 10.0 Å². The van der Waals surface area contributed by atoms with Crippen LogP contribution in [0.3, 0.4) is 0 Å². The Kier molecular flexibility index (Phi) is 3.84. The van der Waals surface area contributed by atoms with E-state index in [-0.39, 0.29) is 23.9 Å². The van der Waals surface area contributed by atoms with Gasteiger partial charge in [-0.15, -0.1) is 0 Å². The van der Waals surface area contributed by atoms with Crippen molar-refractivity contribution in [3.63, 3.8) is 0 Å². The van der Waals surface area contributed by atoms with Crippen LogP contribution in [0, 0.1) is 10.1 Å².